The van der Waals surface area contributed by atoms with E-state index in [0.29, 0.717) is 17.8 Å². The predicted molar refractivity (Wildman–Crippen MR) is 262 cm³/mol. The predicted octanol–water partition coefficient (Wildman–Crippen LogP) is 15.3. The number of fused-ring (bicyclic) bond motifs is 2. The third kappa shape index (κ3) is 7.21. The Morgan fingerprint density at radius 2 is 1.23 bits per heavy atom. The molecule has 0 saturated carbocycles. The van der Waals surface area contributed by atoms with E-state index in [2.05, 4.69) is 228 Å². The molecule has 2 aliphatic heterocycles. The minimum Gasteiger partial charge on any atom is -0.457 e. The van der Waals surface area contributed by atoms with Gasteiger partial charge in [0.2, 0.25) is 0 Å². The molecule has 0 aliphatic carbocycles. The van der Waals surface area contributed by atoms with Crippen molar-refractivity contribution in [3.63, 3.8) is 0 Å². The summed E-state index contributed by atoms with van der Waals surface area (Å²) in [6, 6.07) is 43.7. The van der Waals surface area contributed by atoms with Crippen molar-refractivity contribution < 1.29 is 4.74 Å². The van der Waals surface area contributed by atoms with Gasteiger partial charge in [-0.3, -0.25) is 9.89 Å². The number of ether oxygens (including phenoxy) is 1. The maximum absolute atomic E-state index is 7.12. The lowest BCUT2D eigenvalue weighted by Gasteiger charge is -2.50. The van der Waals surface area contributed by atoms with Gasteiger partial charge in [-0.1, -0.05) is 135 Å². The van der Waals surface area contributed by atoms with Crippen molar-refractivity contribution in [3.05, 3.63) is 161 Å². The summed E-state index contributed by atoms with van der Waals surface area (Å²) in [6.45, 7) is 32.5. The Balaban J connectivity index is 1.32. The lowest BCUT2D eigenvalue weighted by Crippen LogP contribution is -2.60. The van der Waals surface area contributed by atoms with Crippen molar-refractivity contribution >= 4 is 28.7 Å². The molecule has 2 aliphatic rings. The Bertz CT molecular complexity index is 2640. The van der Waals surface area contributed by atoms with Crippen LogP contribution in [0.1, 0.15) is 116 Å². The molecule has 1 aromatic heterocycles. The Labute approximate surface area is 371 Å². The number of rotatable bonds is 9. The fraction of sp³-hybridized carbons (Fsp3) is 0.368. The van der Waals surface area contributed by atoms with Crippen LogP contribution in [0, 0.1) is 31.6 Å². The minimum absolute atomic E-state index is 0.0320. The first-order valence-electron chi connectivity index (χ1n) is 22.6. The van der Waals surface area contributed by atoms with Gasteiger partial charge in [0.15, 0.2) is 0 Å². The second-order valence-corrected chi connectivity index (χ2v) is 20.8. The zero-order valence-corrected chi connectivity index (χ0v) is 39.6. The van der Waals surface area contributed by atoms with Gasteiger partial charge in [0.1, 0.15) is 23.2 Å². The second-order valence-electron chi connectivity index (χ2n) is 20.8. The van der Waals surface area contributed by atoms with Crippen LogP contribution in [-0.2, 0) is 10.8 Å². The highest BCUT2D eigenvalue weighted by Gasteiger charge is 2.58. The van der Waals surface area contributed by atoms with Crippen LogP contribution in [0.3, 0.4) is 0 Å². The zero-order valence-electron chi connectivity index (χ0n) is 39.6. The quantitative estimate of drug-likeness (QED) is 0.146. The molecule has 3 heterocycles. The van der Waals surface area contributed by atoms with Gasteiger partial charge >= 0.3 is 0 Å². The lowest BCUT2D eigenvalue weighted by molar-refractivity contribution is 0.116. The Morgan fingerprint density at radius 3 is 1.89 bits per heavy atom. The van der Waals surface area contributed by atoms with Crippen LogP contribution in [0.2, 0.25) is 0 Å². The van der Waals surface area contributed by atoms with Crippen molar-refractivity contribution in [1.29, 1.82) is 0 Å². The van der Waals surface area contributed by atoms with Gasteiger partial charge in [-0.15, -0.1) is 0 Å². The van der Waals surface area contributed by atoms with E-state index in [0.717, 1.165) is 51.2 Å². The monoisotopic (exact) mass is 823 g/mol. The summed E-state index contributed by atoms with van der Waals surface area (Å²) in [7, 11) is 0. The van der Waals surface area contributed by atoms with Gasteiger partial charge in [-0.25, -0.2) is 4.98 Å². The molecule has 62 heavy (non-hydrogen) atoms. The van der Waals surface area contributed by atoms with Crippen LogP contribution in [0.4, 0.5) is 22.9 Å². The highest BCUT2D eigenvalue weighted by Crippen LogP contribution is 2.54. The Morgan fingerprint density at radius 1 is 0.597 bits per heavy atom. The number of para-hydroxylation sites is 2. The first kappa shape index (κ1) is 43.0. The maximum Gasteiger partial charge on any atom is 0.137 e. The SMILES string of the molecule is Cc1cccc(C)c1N1C(c2cc(Oc3ccc4c(c3)N(c3cc(C(C)(C)C)ccn3)c3ccccc3C4(C)C)cc(-c3ccccc3)c2)=N[C@](C)(C(C(C)C)C(C)C)C1(C)C. The molecular formula is C57H66N4O. The number of amidine groups is 1. The molecule has 0 radical (unpaired) electrons. The third-order valence-electron chi connectivity index (χ3n) is 14.1. The molecular weight excluding hydrogens is 757 g/mol. The summed E-state index contributed by atoms with van der Waals surface area (Å²) in [4.78, 5) is 15.8. The van der Waals surface area contributed by atoms with Gasteiger partial charge in [0, 0.05) is 28.9 Å². The normalized spacial score (nSPS) is 18.0. The lowest BCUT2D eigenvalue weighted by atomic mass is 9.64. The fourth-order valence-electron chi connectivity index (χ4n) is 10.9. The van der Waals surface area contributed by atoms with Gasteiger partial charge < -0.3 is 9.64 Å². The standard InChI is InChI=1S/C57H66N4O/c1-36(2)51(37(3)4)57(14)56(12,13)61(52-38(5)21-20-22-39(52)6)53(59-57)42-31-41(40-23-16-15-17-24-40)32-45(33-42)62-44-27-28-47-49(35-44)60(48-26-19-18-25-46(48)55(47,10)11)50-34-43(29-30-58-50)54(7,8)9/h15-37,51H,1-14H3/t57-/m1/s1. The molecule has 0 fully saturated rings. The van der Waals surface area contributed by atoms with Gasteiger partial charge in [-0.2, -0.15) is 0 Å². The van der Waals surface area contributed by atoms with Crippen molar-refractivity contribution in [2.45, 2.75) is 119 Å². The molecule has 1 atom stereocenters. The Kier molecular flexibility index (Phi) is 10.8. The first-order chi connectivity index (χ1) is 29.2. The molecule has 5 nitrogen and oxygen atoms in total. The van der Waals surface area contributed by atoms with E-state index in [1.54, 1.807) is 0 Å². The molecule has 8 rings (SSSR count). The molecule has 0 bridgehead atoms. The van der Waals surface area contributed by atoms with E-state index < -0.39 is 5.54 Å². The molecule has 0 spiro atoms. The molecule has 0 saturated heterocycles. The second kappa shape index (κ2) is 15.6. The van der Waals surface area contributed by atoms with E-state index in [1.807, 2.05) is 6.20 Å². The number of nitrogens with zero attached hydrogens (tertiary/aromatic N) is 4. The van der Waals surface area contributed by atoms with Crippen LogP contribution < -0.4 is 14.5 Å². The zero-order chi connectivity index (χ0) is 44.5. The van der Waals surface area contributed by atoms with E-state index in [1.165, 1.54) is 33.5 Å². The van der Waals surface area contributed by atoms with E-state index >= 15 is 0 Å². The highest BCUT2D eigenvalue weighted by molar-refractivity contribution is 6.14. The van der Waals surface area contributed by atoms with Crippen molar-refractivity contribution in [2.75, 3.05) is 9.80 Å². The Hall–Kier alpha value is -5.68. The van der Waals surface area contributed by atoms with Crippen molar-refractivity contribution in [2.24, 2.45) is 22.7 Å². The molecule has 5 heteroatoms. The summed E-state index contributed by atoms with van der Waals surface area (Å²) in [5, 5.41) is 0. The van der Waals surface area contributed by atoms with Crippen LogP contribution >= 0.6 is 0 Å². The molecule has 320 valence electrons. The van der Waals surface area contributed by atoms with Crippen LogP contribution in [0.5, 0.6) is 11.5 Å². The van der Waals surface area contributed by atoms with E-state index in [9.17, 15) is 0 Å². The molecule has 0 unspecified atom stereocenters. The smallest absolute Gasteiger partial charge is 0.137 e. The fourth-order valence-corrected chi connectivity index (χ4v) is 10.9. The van der Waals surface area contributed by atoms with Gasteiger partial charge in [-0.05, 0) is 139 Å². The average molecular weight is 823 g/mol. The third-order valence-corrected chi connectivity index (χ3v) is 14.1. The highest BCUT2D eigenvalue weighted by atomic mass is 16.5. The van der Waals surface area contributed by atoms with Crippen LogP contribution in [-0.4, -0.2) is 21.9 Å². The van der Waals surface area contributed by atoms with Gasteiger partial charge in [0.05, 0.1) is 22.5 Å². The van der Waals surface area contributed by atoms with Crippen molar-refractivity contribution in [1.82, 2.24) is 4.98 Å². The number of hydrogen-bond acceptors (Lipinski definition) is 5. The summed E-state index contributed by atoms with van der Waals surface area (Å²) in [5.74, 6) is 4.59. The summed E-state index contributed by atoms with van der Waals surface area (Å²) < 4.78 is 7.12. The summed E-state index contributed by atoms with van der Waals surface area (Å²) in [6.07, 6.45) is 1.94. The van der Waals surface area contributed by atoms with Gasteiger partial charge in [0.25, 0.3) is 0 Å². The van der Waals surface area contributed by atoms with Crippen molar-refractivity contribution in [3.8, 4) is 22.6 Å². The number of anilines is 4. The number of aromatic nitrogens is 1. The number of hydrogen-bond donors (Lipinski definition) is 0. The summed E-state index contributed by atoms with van der Waals surface area (Å²) in [5.41, 5.74) is 11.8. The molecule has 0 amide bonds. The van der Waals surface area contributed by atoms with E-state index in [4.69, 9.17) is 14.7 Å². The van der Waals surface area contributed by atoms with Crippen LogP contribution in [0.25, 0.3) is 11.1 Å². The molecule has 6 aromatic rings. The number of aryl methyl sites for hydroxylation is 2. The summed E-state index contributed by atoms with van der Waals surface area (Å²) >= 11 is 0. The maximum atomic E-state index is 7.12. The minimum atomic E-state index is -0.396. The average Bonchev–Trinajstić information content (AvgIpc) is 3.42. The molecule has 5 aromatic carbocycles. The number of benzene rings is 5. The number of aliphatic imine (C=N–C) groups is 1. The van der Waals surface area contributed by atoms with E-state index in [-0.39, 0.29) is 16.4 Å². The largest absolute Gasteiger partial charge is 0.457 e. The topological polar surface area (TPSA) is 41.0 Å². The number of pyridine rings is 1. The molecule has 0 N–H and O–H groups in total. The van der Waals surface area contributed by atoms with Crippen LogP contribution in [0.15, 0.2) is 133 Å². The first-order valence-corrected chi connectivity index (χ1v) is 22.6.